The zero-order chi connectivity index (χ0) is 16.9. The van der Waals surface area contributed by atoms with Gasteiger partial charge in [-0.25, -0.2) is 0 Å². The lowest BCUT2D eigenvalue weighted by atomic mass is 9.80. The number of hydrogen-bond donors (Lipinski definition) is 1. The van der Waals surface area contributed by atoms with Gasteiger partial charge in [-0.15, -0.1) is 0 Å². The molecule has 4 heteroatoms. The Kier molecular flexibility index (Phi) is 5.96. The minimum absolute atomic E-state index is 0.130. The third-order valence-electron chi connectivity index (χ3n) is 6.26. The van der Waals surface area contributed by atoms with Crippen LogP contribution < -0.4 is 0 Å². The number of carbonyl (C=O) groups is 2. The highest BCUT2D eigenvalue weighted by Gasteiger charge is 2.41. The predicted octanol–water partition coefficient (Wildman–Crippen LogP) is 4.15. The van der Waals surface area contributed by atoms with Gasteiger partial charge in [0.15, 0.2) is 0 Å². The molecule has 1 N–H and O–H groups in total. The molecule has 2 saturated carbocycles. The Labute approximate surface area is 145 Å². The minimum Gasteiger partial charge on any atom is -0.481 e. The van der Waals surface area contributed by atoms with Crippen molar-refractivity contribution in [1.82, 2.24) is 4.90 Å². The van der Waals surface area contributed by atoms with E-state index < -0.39 is 11.9 Å². The summed E-state index contributed by atoms with van der Waals surface area (Å²) in [5.74, 6) is -1.59. The molecule has 134 valence electrons. The van der Waals surface area contributed by atoms with Crippen molar-refractivity contribution in [3.63, 3.8) is 0 Å². The Balaban J connectivity index is 1.81. The molecule has 1 amide bonds. The second-order valence-corrected chi connectivity index (χ2v) is 7.82. The van der Waals surface area contributed by atoms with Gasteiger partial charge in [-0.3, -0.25) is 9.59 Å². The van der Waals surface area contributed by atoms with Crippen molar-refractivity contribution in [3.05, 3.63) is 12.2 Å². The van der Waals surface area contributed by atoms with Crippen molar-refractivity contribution in [2.24, 2.45) is 11.8 Å². The summed E-state index contributed by atoms with van der Waals surface area (Å²) in [5, 5.41) is 9.56. The Bertz CT molecular complexity index is 457. The van der Waals surface area contributed by atoms with Crippen LogP contribution in [0.5, 0.6) is 0 Å². The maximum atomic E-state index is 13.4. The second-order valence-electron chi connectivity index (χ2n) is 7.82. The van der Waals surface area contributed by atoms with Crippen LogP contribution in [0.2, 0.25) is 0 Å². The van der Waals surface area contributed by atoms with Crippen LogP contribution in [0.3, 0.4) is 0 Å². The first-order valence-corrected chi connectivity index (χ1v) is 9.88. The normalized spacial score (nSPS) is 29.3. The molecule has 2 atom stereocenters. The molecule has 0 saturated heterocycles. The smallest absolute Gasteiger partial charge is 0.307 e. The van der Waals surface area contributed by atoms with E-state index in [1.54, 1.807) is 0 Å². The lowest BCUT2D eigenvalue weighted by molar-refractivity contribution is -0.154. The monoisotopic (exact) mass is 333 g/mol. The number of carbonyl (C=O) groups excluding carboxylic acids is 1. The van der Waals surface area contributed by atoms with Crippen molar-refractivity contribution in [2.45, 2.75) is 89.1 Å². The molecule has 24 heavy (non-hydrogen) atoms. The Morgan fingerprint density at radius 2 is 1.21 bits per heavy atom. The lowest BCUT2D eigenvalue weighted by Crippen LogP contribution is -2.52. The van der Waals surface area contributed by atoms with Crippen LogP contribution in [-0.4, -0.2) is 34.0 Å². The number of allylic oxidation sites excluding steroid dienone is 2. The topological polar surface area (TPSA) is 57.6 Å². The fourth-order valence-electron chi connectivity index (χ4n) is 4.93. The van der Waals surface area contributed by atoms with Crippen LogP contribution in [0.1, 0.15) is 77.0 Å². The molecule has 2 fully saturated rings. The average molecular weight is 333 g/mol. The zero-order valence-electron chi connectivity index (χ0n) is 14.7. The van der Waals surface area contributed by atoms with Crippen LogP contribution in [-0.2, 0) is 9.59 Å². The van der Waals surface area contributed by atoms with E-state index in [1.165, 1.54) is 38.5 Å². The van der Waals surface area contributed by atoms with Crippen molar-refractivity contribution in [1.29, 1.82) is 0 Å². The van der Waals surface area contributed by atoms with Gasteiger partial charge in [-0.1, -0.05) is 50.7 Å². The molecule has 0 aromatic rings. The van der Waals surface area contributed by atoms with Gasteiger partial charge in [0.25, 0.3) is 0 Å². The first-order chi connectivity index (χ1) is 11.7. The van der Waals surface area contributed by atoms with Crippen LogP contribution in [0.25, 0.3) is 0 Å². The quantitative estimate of drug-likeness (QED) is 0.786. The summed E-state index contributed by atoms with van der Waals surface area (Å²) >= 11 is 0. The van der Waals surface area contributed by atoms with Gasteiger partial charge in [0, 0.05) is 12.1 Å². The fourth-order valence-corrected chi connectivity index (χ4v) is 4.93. The molecule has 3 aliphatic rings. The van der Waals surface area contributed by atoms with E-state index in [2.05, 4.69) is 4.90 Å². The predicted molar refractivity (Wildman–Crippen MR) is 93.6 cm³/mol. The third kappa shape index (κ3) is 3.84. The molecule has 4 nitrogen and oxygen atoms in total. The highest BCUT2D eigenvalue weighted by Crippen LogP contribution is 2.35. The van der Waals surface area contributed by atoms with E-state index in [-0.39, 0.29) is 11.8 Å². The second kappa shape index (κ2) is 8.17. The summed E-state index contributed by atoms with van der Waals surface area (Å²) in [5.41, 5.74) is 0. The van der Waals surface area contributed by atoms with E-state index in [9.17, 15) is 14.7 Å². The van der Waals surface area contributed by atoms with E-state index >= 15 is 0 Å². The minimum atomic E-state index is -0.815. The van der Waals surface area contributed by atoms with Crippen LogP contribution >= 0.6 is 0 Å². The largest absolute Gasteiger partial charge is 0.481 e. The Morgan fingerprint density at radius 3 is 1.67 bits per heavy atom. The van der Waals surface area contributed by atoms with Gasteiger partial charge in [0.2, 0.25) is 5.91 Å². The van der Waals surface area contributed by atoms with Gasteiger partial charge in [-0.05, 0) is 38.5 Å². The molecule has 0 spiro atoms. The molecule has 0 radical (unpaired) electrons. The fraction of sp³-hybridized carbons (Fsp3) is 0.800. The number of rotatable bonds is 4. The van der Waals surface area contributed by atoms with E-state index in [0.717, 1.165) is 25.7 Å². The lowest BCUT2D eigenvalue weighted by Gasteiger charge is -2.44. The van der Waals surface area contributed by atoms with Gasteiger partial charge in [-0.2, -0.15) is 0 Å². The van der Waals surface area contributed by atoms with E-state index in [0.29, 0.717) is 24.9 Å². The first kappa shape index (κ1) is 17.5. The molecular formula is C20H31NO3. The number of amides is 1. The summed E-state index contributed by atoms with van der Waals surface area (Å²) < 4.78 is 0. The number of aliphatic carboxylic acids is 1. The van der Waals surface area contributed by atoms with Gasteiger partial charge in [0.05, 0.1) is 11.8 Å². The summed E-state index contributed by atoms with van der Waals surface area (Å²) in [6, 6.07) is 0.685. The number of nitrogens with zero attached hydrogens (tertiary/aromatic N) is 1. The van der Waals surface area contributed by atoms with Gasteiger partial charge in [0.1, 0.15) is 0 Å². The van der Waals surface area contributed by atoms with Gasteiger partial charge < -0.3 is 10.0 Å². The first-order valence-electron chi connectivity index (χ1n) is 9.88. The van der Waals surface area contributed by atoms with Gasteiger partial charge >= 0.3 is 5.97 Å². The van der Waals surface area contributed by atoms with Crippen molar-refractivity contribution in [2.75, 3.05) is 0 Å². The molecule has 0 heterocycles. The molecule has 0 aromatic heterocycles. The third-order valence-corrected chi connectivity index (χ3v) is 6.26. The summed E-state index contributed by atoms with van der Waals surface area (Å²) in [6.07, 6.45) is 16.8. The molecule has 0 bridgehead atoms. The van der Waals surface area contributed by atoms with Crippen molar-refractivity contribution >= 4 is 11.9 Å². The highest BCUT2D eigenvalue weighted by atomic mass is 16.4. The number of carboxylic acid groups (broad SMARTS) is 1. The Morgan fingerprint density at radius 1 is 0.750 bits per heavy atom. The SMILES string of the molecule is O=C(O)C1CC=CCC1C(=O)N(C1CCCCC1)C1CCCCC1. The average Bonchev–Trinajstić information content (AvgIpc) is 2.63. The number of carboxylic acids is 1. The molecule has 3 aliphatic carbocycles. The molecule has 0 aromatic carbocycles. The van der Waals surface area contributed by atoms with E-state index in [4.69, 9.17) is 0 Å². The summed E-state index contributed by atoms with van der Waals surface area (Å²) in [6.45, 7) is 0. The maximum absolute atomic E-state index is 13.4. The van der Waals surface area contributed by atoms with Crippen molar-refractivity contribution in [3.8, 4) is 0 Å². The Hall–Kier alpha value is -1.32. The molecule has 0 aliphatic heterocycles. The zero-order valence-corrected chi connectivity index (χ0v) is 14.7. The molecular weight excluding hydrogens is 302 g/mol. The van der Waals surface area contributed by atoms with Crippen molar-refractivity contribution < 1.29 is 14.7 Å². The molecule has 3 rings (SSSR count). The summed E-state index contributed by atoms with van der Waals surface area (Å²) in [7, 11) is 0. The highest BCUT2D eigenvalue weighted by molar-refractivity contribution is 5.85. The van der Waals surface area contributed by atoms with E-state index in [1.807, 2.05) is 12.2 Å². The van der Waals surface area contributed by atoms with Crippen LogP contribution in [0.15, 0.2) is 12.2 Å². The summed E-state index contributed by atoms with van der Waals surface area (Å²) in [4.78, 5) is 27.3. The standard InChI is InChI=1S/C20H31NO3/c22-19(17-13-7-8-14-18(17)20(23)24)21(15-9-3-1-4-10-15)16-11-5-2-6-12-16/h7-8,15-18H,1-6,9-14H2,(H,23,24). The van der Waals surface area contributed by atoms with Crippen LogP contribution in [0, 0.1) is 11.8 Å². The maximum Gasteiger partial charge on any atom is 0.307 e. The number of hydrogen-bond acceptors (Lipinski definition) is 2. The van der Waals surface area contributed by atoms with Crippen LogP contribution in [0.4, 0.5) is 0 Å². The molecule has 2 unspecified atom stereocenters.